The third kappa shape index (κ3) is 34.9. The molecule has 0 unspecified atom stereocenters. The third-order valence-electron chi connectivity index (χ3n) is 9.58. The van der Waals surface area contributed by atoms with Crippen molar-refractivity contribution in [2.75, 3.05) is 0 Å². The molecule has 0 bridgehead atoms. The van der Waals surface area contributed by atoms with Crippen LogP contribution in [0.5, 0.6) is 0 Å². The molecule has 342 valence electrons. The van der Waals surface area contributed by atoms with Crippen LogP contribution in [0, 0.1) is 26.7 Å². The van der Waals surface area contributed by atoms with Crippen molar-refractivity contribution < 1.29 is 24.0 Å². The maximum absolute atomic E-state index is 12.1. The Kier molecular flexibility index (Phi) is 38.6. The lowest BCUT2D eigenvalue weighted by molar-refractivity contribution is -0.117. The molecule has 0 radical (unpaired) electrons. The second kappa shape index (κ2) is 40.3. The van der Waals surface area contributed by atoms with E-state index in [4.69, 9.17) is 0 Å². The summed E-state index contributed by atoms with van der Waals surface area (Å²) >= 11 is 0. The van der Waals surface area contributed by atoms with E-state index in [0.29, 0.717) is 18.6 Å². The second-order valence-corrected chi connectivity index (χ2v) is 16.1. The van der Waals surface area contributed by atoms with Gasteiger partial charge in [-0.05, 0) is 83.6 Å². The van der Waals surface area contributed by atoms with Crippen molar-refractivity contribution in [3.05, 3.63) is 142 Å². The third-order valence-corrected chi connectivity index (χ3v) is 9.58. The monoisotopic (exact) mass is 849 g/mol. The number of Topliss-reactive ketones (excluding diaryl/α,β-unsaturated/α-hetero) is 4. The van der Waals surface area contributed by atoms with Crippen LogP contribution in [-0.2, 0) is 27.2 Å². The standard InChI is InChI=1S/C16H16O.C15H14O.C10H18O.C6H14.C5H10O.C3H6O.C2H6/c1-12-5-3-7-14(9-12)11-16(17)15-8-4-6-13(2)10-15;1-12-6-5-9-14(10-12)15(16)11-13-7-3-2-4-8-13;1-9(11)5-4-8-10-6-2-3-7-10;1-3-5-6-4-2;1-2-3-4-5-6;1-3(2)4;1-2/h3-10H,11H2,1-2H3;2-10H,11H2,1H3;10H,2-8H2,1H3;3-6H2,1-2H3;5H,2-4H2,1H3;1-2H3;1-2H3. The van der Waals surface area contributed by atoms with Gasteiger partial charge in [0.05, 0.1) is 0 Å². The van der Waals surface area contributed by atoms with Crippen LogP contribution in [0.15, 0.2) is 103 Å². The van der Waals surface area contributed by atoms with E-state index >= 15 is 0 Å². The van der Waals surface area contributed by atoms with Crippen molar-refractivity contribution in [3.8, 4) is 0 Å². The molecule has 4 aromatic rings. The van der Waals surface area contributed by atoms with Gasteiger partial charge in [0.2, 0.25) is 0 Å². The first kappa shape index (κ1) is 59.3. The van der Waals surface area contributed by atoms with Gasteiger partial charge in [-0.25, -0.2) is 0 Å². The molecular weight excluding hydrogens is 765 g/mol. The fraction of sp³-hybridized carbons (Fsp3) is 0.491. The van der Waals surface area contributed by atoms with Gasteiger partial charge in [-0.2, -0.15) is 0 Å². The molecule has 0 atom stereocenters. The Labute approximate surface area is 378 Å². The average Bonchev–Trinajstić information content (AvgIpc) is 3.78. The number of hydrogen-bond acceptors (Lipinski definition) is 5. The van der Waals surface area contributed by atoms with E-state index in [1.165, 1.54) is 77.2 Å². The zero-order chi connectivity index (χ0) is 47.0. The molecule has 0 amide bonds. The number of hydrogen-bond donors (Lipinski definition) is 0. The Balaban J connectivity index is 0. The van der Waals surface area contributed by atoms with E-state index in [-0.39, 0.29) is 17.3 Å². The summed E-state index contributed by atoms with van der Waals surface area (Å²) < 4.78 is 0. The molecule has 0 heterocycles. The number of benzene rings is 4. The van der Waals surface area contributed by atoms with Crippen LogP contribution in [0.3, 0.4) is 0 Å². The summed E-state index contributed by atoms with van der Waals surface area (Å²) in [6, 6.07) is 33.4. The highest BCUT2D eigenvalue weighted by atomic mass is 16.1. The van der Waals surface area contributed by atoms with Crippen LogP contribution in [0.25, 0.3) is 0 Å². The first-order valence-electron chi connectivity index (χ1n) is 23.4. The number of ketones is 4. The van der Waals surface area contributed by atoms with Crippen molar-refractivity contribution >= 4 is 29.4 Å². The first-order valence-corrected chi connectivity index (χ1v) is 23.4. The van der Waals surface area contributed by atoms with Crippen molar-refractivity contribution in [3.63, 3.8) is 0 Å². The van der Waals surface area contributed by atoms with Gasteiger partial charge in [-0.15, -0.1) is 0 Å². The van der Waals surface area contributed by atoms with Gasteiger partial charge >= 0.3 is 0 Å². The van der Waals surface area contributed by atoms with E-state index in [2.05, 4.69) is 26.8 Å². The number of carbonyl (C=O) groups excluding carboxylic acids is 5. The lowest BCUT2D eigenvalue weighted by Crippen LogP contribution is -2.03. The van der Waals surface area contributed by atoms with E-state index in [1.807, 2.05) is 132 Å². The Hall–Kier alpha value is -4.77. The van der Waals surface area contributed by atoms with Gasteiger partial charge < -0.3 is 14.4 Å². The van der Waals surface area contributed by atoms with Crippen molar-refractivity contribution in [1.29, 1.82) is 0 Å². The molecule has 5 rings (SSSR count). The molecule has 1 aliphatic carbocycles. The number of aryl methyl sites for hydroxylation is 3. The molecule has 1 fully saturated rings. The van der Waals surface area contributed by atoms with Crippen LogP contribution in [0.2, 0.25) is 0 Å². The minimum absolute atomic E-state index is 0.167. The zero-order valence-corrected chi connectivity index (χ0v) is 40.8. The molecule has 0 spiro atoms. The van der Waals surface area contributed by atoms with Crippen molar-refractivity contribution in [1.82, 2.24) is 0 Å². The maximum atomic E-state index is 12.1. The second-order valence-electron chi connectivity index (χ2n) is 16.1. The van der Waals surface area contributed by atoms with E-state index < -0.39 is 0 Å². The first-order chi connectivity index (χ1) is 29.8. The molecule has 0 aliphatic heterocycles. The molecular formula is C57H84O5. The highest BCUT2D eigenvalue weighted by Gasteiger charge is 2.14. The van der Waals surface area contributed by atoms with Crippen LogP contribution < -0.4 is 0 Å². The maximum Gasteiger partial charge on any atom is 0.167 e. The highest BCUT2D eigenvalue weighted by molar-refractivity contribution is 5.98. The fourth-order valence-electron chi connectivity index (χ4n) is 6.36. The Bertz CT molecular complexity index is 1740. The number of rotatable bonds is 16. The quantitative estimate of drug-likeness (QED) is 0.0637. The molecule has 0 N–H and O–H groups in total. The average molecular weight is 849 g/mol. The summed E-state index contributed by atoms with van der Waals surface area (Å²) in [6.45, 7) is 21.3. The smallest absolute Gasteiger partial charge is 0.167 e. The predicted octanol–water partition coefficient (Wildman–Crippen LogP) is 15.7. The van der Waals surface area contributed by atoms with Gasteiger partial charge in [0.25, 0.3) is 0 Å². The molecule has 0 aromatic heterocycles. The molecule has 62 heavy (non-hydrogen) atoms. The predicted molar refractivity (Wildman–Crippen MR) is 266 cm³/mol. The summed E-state index contributed by atoms with van der Waals surface area (Å²) in [4.78, 5) is 53.7. The summed E-state index contributed by atoms with van der Waals surface area (Å²) in [6.07, 6.45) is 19.2. The summed E-state index contributed by atoms with van der Waals surface area (Å²) in [5, 5.41) is 0. The summed E-state index contributed by atoms with van der Waals surface area (Å²) in [5.74, 6) is 1.83. The molecule has 5 nitrogen and oxygen atoms in total. The van der Waals surface area contributed by atoms with Crippen LogP contribution in [0.4, 0.5) is 0 Å². The van der Waals surface area contributed by atoms with Gasteiger partial charge in [0.15, 0.2) is 11.6 Å². The normalized spacial score (nSPS) is 11.0. The van der Waals surface area contributed by atoms with Gasteiger partial charge in [-0.1, -0.05) is 207 Å². The SMILES string of the molecule is CC.CC(=O)CCCC1CCCC1.CC(C)=O.CCCCC=O.CCCCCC.Cc1cccc(C(=O)Cc2ccccc2)c1.Cc1cccc(CC(=O)c2cccc(C)c2)c1. The molecule has 5 heteroatoms. The van der Waals surface area contributed by atoms with E-state index in [1.54, 1.807) is 6.92 Å². The van der Waals surface area contributed by atoms with E-state index in [9.17, 15) is 24.0 Å². The fourth-order valence-corrected chi connectivity index (χ4v) is 6.36. The Morgan fingerprint density at radius 1 is 0.548 bits per heavy atom. The lowest BCUT2D eigenvalue weighted by Gasteiger charge is -2.06. The van der Waals surface area contributed by atoms with Gasteiger partial charge in [-0.3, -0.25) is 9.59 Å². The largest absolute Gasteiger partial charge is 0.303 e. The summed E-state index contributed by atoms with van der Waals surface area (Å²) in [5.41, 5.74) is 7.18. The molecule has 1 saturated carbocycles. The van der Waals surface area contributed by atoms with Crippen LogP contribution in [-0.4, -0.2) is 29.4 Å². The van der Waals surface area contributed by atoms with E-state index in [0.717, 1.165) is 77.7 Å². The zero-order valence-electron chi connectivity index (χ0n) is 40.8. The number of carbonyl (C=O) groups is 5. The van der Waals surface area contributed by atoms with Gasteiger partial charge in [0, 0.05) is 36.8 Å². The highest BCUT2D eigenvalue weighted by Crippen LogP contribution is 2.28. The summed E-state index contributed by atoms with van der Waals surface area (Å²) in [7, 11) is 0. The molecule has 1 aliphatic rings. The molecule has 0 saturated heterocycles. The van der Waals surface area contributed by atoms with Crippen molar-refractivity contribution in [2.45, 2.75) is 179 Å². The van der Waals surface area contributed by atoms with Crippen LogP contribution >= 0.6 is 0 Å². The van der Waals surface area contributed by atoms with Gasteiger partial charge in [0.1, 0.15) is 17.9 Å². The number of aldehydes is 1. The Morgan fingerprint density at radius 3 is 1.35 bits per heavy atom. The molecule has 4 aromatic carbocycles. The van der Waals surface area contributed by atoms with Crippen LogP contribution in [0.1, 0.15) is 194 Å². The topological polar surface area (TPSA) is 85.3 Å². The number of unbranched alkanes of at least 4 members (excludes halogenated alkanes) is 5. The minimum atomic E-state index is 0.167. The van der Waals surface area contributed by atoms with Crippen molar-refractivity contribution in [2.24, 2.45) is 5.92 Å². The lowest BCUT2D eigenvalue weighted by atomic mass is 10.00. The Morgan fingerprint density at radius 2 is 0.968 bits per heavy atom. The minimum Gasteiger partial charge on any atom is -0.303 e.